The summed E-state index contributed by atoms with van der Waals surface area (Å²) in [5, 5.41) is 11.9. The number of nitrogens with zero attached hydrogens (tertiary/aromatic N) is 2. The molecule has 1 atom stereocenters. The number of hydrogen-bond donors (Lipinski definition) is 2. The summed E-state index contributed by atoms with van der Waals surface area (Å²) in [7, 11) is 6.29. The molecule has 0 aliphatic carbocycles. The van der Waals surface area contributed by atoms with Gasteiger partial charge >= 0.3 is 0 Å². The van der Waals surface area contributed by atoms with Crippen molar-refractivity contribution in [2.24, 2.45) is 0 Å². The fourth-order valence-electron chi connectivity index (χ4n) is 1.31. The van der Waals surface area contributed by atoms with Crippen LogP contribution in [-0.4, -0.2) is 74.9 Å². The Balaban J connectivity index is 3.44. The maximum Gasteiger partial charge on any atom is 0.0556 e. The van der Waals surface area contributed by atoms with E-state index in [1.807, 2.05) is 0 Å². The van der Waals surface area contributed by atoms with E-state index in [-0.39, 0.29) is 6.61 Å². The van der Waals surface area contributed by atoms with Crippen LogP contribution in [0, 0.1) is 0 Å². The van der Waals surface area contributed by atoms with E-state index in [0.29, 0.717) is 12.6 Å². The standard InChI is InChI=1S/C10H25N3O/c1-10(11-5-8-14)9-13(4)7-6-12(2)3/h10-11,14H,5-9H2,1-4H3. The molecule has 0 fully saturated rings. The quantitative estimate of drug-likeness (QED) is 0.555. The zero-order chi connectivity index (χ0) is 11.0. The first-order valence-electron chi connectivity index (χ1n) is 5.23. The van der Waals surface area contributed by atoms with Crippen LogP contribution in [0.5, 0.6) is 0 Å². The Morgan fingerprint density at radius 3 is 2.36 bits per heavy atom. The van der Waals surface area contributed by atoms with Crippen LogP contribution in [-0.2, 0) is 0 Å². The number of aliphatic hydroxyl groups is 1. The van der Waals surface area contributed by atoms with Gasteiger partial charge < -0.3 is 20.2 Å². The van der Waals surface area contributed by atoms with Crippen molar-refractivity contribution >= 4 is 0 Å². The first-order valence-corrected chi connectivity index (χ1v) is 5.23. The van der Waals surface area contributed by atoms with Gasteiger partial charge in [-0.1, -0.05) is 0 Å². The highest BCUT2D eigenvalue weighted by atomic mass is 16.3. The van der Waals surface area contributed by atoms with Gasteiger partial charge in [0.15, 0.2) is 0 Å². The molecule has 86 valence electrons. The van der Waals surface area contributed by atoms with Crippen molar-refractivity contribution < 1.29 is 5.11 Å². The molecule has 14 heavy (non-hydrogen) atoms. The maximum atomic E-state index is 8.64. The SMILES string of the molecule is CC(CN(C)CCN(C)C)NCCO. The zero-order valence-electron chi connectivity index (χ0n) is 9.95. The van der Waals surface area contributed by atoms with Gasteiger partial charge in [0.05, 0.1) is 6.61 Å². The molecule has 0 bridgehead atoms. The van der Waals surface area contributed by atoms with Crippen molar-refractivity contribution in [3.8, 4) is 0 Å². The predicted octanol–water partition coefficient (Wildman–Crippen LogP) is -0.550. The molecule has 0 amide bonds. The van der Waals surface area contributed by atoms with Crippen LogP contribution in [0.1, 0.15) is 6.92 Å². The largest absolute Gasteiger partial charge is 0.395 e. The second kappa shape index (κ2) is 8.17. The number of hydrogen-bond acceptors (Lipinski definition) is 4. The van der Waals surface area contributed by atoms with Crippen molar-refractivity contribution in [1.29, 1.82) is 0 Å². The van der Waals surface area contributed by atoms with Crippen molar-refractivity contribution in [1.82, 2.24) is 15.1 Å². The van der Waals surface area contributed by atoms with Gasteiger partial charge in [0.25, 0.3) is 0 Å². The molecule has 0 spiro atoms. The average molecular weight is 203 g/mol. The lowest BCUT2D eigenvalue weighted by molar-refractivity contribution is 0.246. The minimum atomic E-state index is 0.214. The van der Waals surface area contributed by atoms with Crippen molar-refractivity contribution in [3.63, 3.8) is 0 Å². The molecule has 0 saturated heterocycles. The molecule has 0 rings (SSSR count). The topological polar surface area (TPSA) is 38.7 Å². The van der Waals surface area contributed by atoms with Crippen molar-refractivity contribution in [3.05, 3.63) is 0 Å². The van der Waals surface area contributed by atoms with Gasteiger partial charge in [-0.2, -0.15) is 0 Å². The first-order chi connectivity index (χ1) is 6.56. The third kappa shape index (κ3) is 8.44. The summed E-state index contributed by atoms with van der Waals surface area (Å²) in [4.78, 5) is 4.48. The minimum Gasteiger partial charge on any atom is -0.395 e. The van der Waals surface area contributed by atoms with Crippen LogP contribution in [0.4, 0.5) is 0 Å². The lowest BCUT2D eigenvalue weighted by Crippen LogP contribution is -2.40. The van der Waals surface area contributed by atoms with E-state index in [9.17, 15) is 0 Å². The Kier molecular flexibility index (Phi) is 8.08. The molecule has 0 radical (unpaired) electrons. The number of aliphatic hydroxyl groups excluding tert-OH is 1. The number of rotatable bonds is 8. The molecule has 0 aliphatic rings. The molecule has 0 aliphatic heterocycles. The predicted molar refractivity (Wildman–Crippen MR) is 60.6 cm³/mol. The zero-order valence-corrected chi connectivity index (χ0v) is 9.95. The molecule has 2 N–H and O–H groups in total. The third-order valence-corrected chi connectivity index (χ3v) is 2.12. The van der Waals surface area contributed by atoms with Crippen LogP contribution < -0.4 is 5.32 Å². The van der Waals surface area contributed by atoms with Gasteiger partial charge in [-0.05, 0) is 28.1 Å². The lowest BCUT2D eigenvalue weighted by Gasteiger charge is -2.23. The molecular formula is C10H25N3O. The summed E-state index contributed by atoms with van der Waals surface area (Å²) in [5.41, 5.74) is 0. The average Bonchev–Trinajstić information content (AvgIpc) is 2.11. The van der Waals surface area contributed by atoms with Crippen LogP contribution in [0.15, 0.2) is 0 Å². The highest BCUT2D eigenvalue weighted by Crippen LogP contribution is 1.89. The van der Waals surface area contributed by atoms with Gasteiger partial charge in [0, 0.05) is 32.2 Å². The molecular weight excluding hydrogens is 178 g/mol. The van der Waals surface area contributed by atoms with Gasteiger partial charge in [-0.3, -0.25) is 0 Å². The van der Waals surface area contributed by atoms with E-state index < -0.39 is 0 Å². The van der Waals surface area contributed by atoms with Gasteiger partial charge in [0.2, 0.25) is 0 Å². The van der Waals surface area contributed by atoms with Crippen LogP contribution in [0.25, 0.3) is 0 Å². The molecule has 0 saturated carbocycles. The lowest BCUT2D eigenvalue weighted by atomic mass is 10.3. The molecule has 0 aromatic carbocycles. The maximum absolute atomic E-state index is 8.64. The van der Waals surface area contributed by atoms with E-state index in [0.717, 1.165) is 19.6 Å². The van der Waals surface area contributed by atoms with Crippen molar-refractivity contribution in [2.75, 3.05) is 53.9 Å². The van der Waals surface area contributed by atoms with Crippen LogP contribution >= 0.6 is 0 Å². The van der Waals surface area contributed by atoms with Crippen LogP contribution in [0.3, 0.4) is 0 Å². The minimum absolute atomic E-state index is 0.214. The molecule has 1 unspecified atom stereocenters. The van der Waals surface area contributed by atoms with Gasteiger partial charge in [-0.15, -0.1) is 0 Å². The Morgan fingerprint density at radius 1 is 1.21 bits per heavy atom. The summed E-state index contributed by atoms with van der Waals surface area (Å²) in [5.74, 6) is 0. The van der Waals surface area contributed by atoms with Crippen LogP contribution in [0.2, 0.25) is 0 Å². The van der Waals surface area contributed by atoms with E-state index in [1.165, 1.54) is 0 Å². The Labute approximate surface area is 87.9 Å². The second-order valence-corrected chi connectivity index (χ2v) is 4.14. The molecule has 4 nitrogen and oxygen atoms in total. The van der Waals surface area contributed by atoms with Crippen molar-refractivity contribution in [2.45, 2.75) is 13.0 Å². The summed E-state index contributed by atoms with van der Waals surface area (Å²) in [6.07, 6.45) is 0. The van der Waals surface area contributed by atoms with Gasteiger partial charge in [-0.25, -0.2) is 0 Å². The number of nitrogens with one attached hydrogen (secondary N) is 1. The van der Waals surface area contributed by atoms with E-state index in [1.54, 1.807) is 0 Å². The number of likely N-dealkylation sites (N-methyl/N-ethyl adjacent to an activating group) is 2. The summed E-state index contributed by atoms with van der Waals surface area (Å²) in [6.45, 7) is 6.23. The molecule has 0 heterocycles. The smallest absolute Gasteiger partial charge is 0.0556 e. The fourth-order valence-corrected chi connectivity index (χ4v) is 1.31. The second-order valence-electron chi connectivity index (χ2n) is 4.14. The Hall–Kier alpha value is -0.160. The Bertz CT molecular complexity index is 131. The van der Waals surface area contributed by atoms with Gasteiger partial charge in [0.1, 0.15) is 0 Å². The summed E-state index contributed by atoms with van der Waals surface area (Å²) >= 11 is 0. The first kappa shape index (κ1) is 13.8. The highest BCUT2D eigenvalue weighted by Gasteiger charge is 2.05. The van der Waals surface area contributed by atoms with E-state index in [2.05, 4.69) is 43.2 Å². The third-order valence-electron chi connectivity index (χ3n) is 2.12. The highest BCUT2D eigenvalue weighted by molar-refractivity contribution is 4.65. The summed E-state index contributed by atoms with van der Waals surface area (Å²) in [6, 6.07) is 0.439. The van der Waals surface area contributed by atoms with E-state index in [4.69, 9.17) is 5.11 Å². The van der Waals surface area contributed by atoms with E-state index >= 15 is 0 Å². The monoisotopic (exact) mass is 203 g/mol. The fraction of sp³-hybridized carbons (Fsp3) is 1.00. The summed E-state index contributed by atoms with van der Waals surface area (Å²) < 4.78 is 0. The molecule has 0 aromatic heterocycles. The molecule has 4 heteroatoms. The normalized spacial score (nSPS) is 13.9. The Morgan fingerprint density at radius 2 is 1.86 bits per heavy atom. The molecule has 0 aromatic rings.